The zero-order chi connectivity index (χ0) is 9.68. The average Bonchev–Trinajstić information content (AvgIpc) is 2.09. The number of rotatable bonds is 2. The standard InChI is InChI=1S/C8H18BN3O/c1-2-10-8(13)11-7-3-5-12(9)6-4-7/h7H,2-6,9H2,1H3,(H2,10,11,13). The number of carbonyl (C=O) groups is 1. The molecule has 2 amide bonds. The van der Waals surface area contributed by atoms with Crippen molar-refractivity contribution >= 4 is 14.0 Å². The van der Waals surface area contributed by atoms with E-state index in [1.807, 2.05) is 6.92 Å². The molecule has 1 heterocycles. The quantitative estimate of drug-likeness (QED) is 0.557. The van der Waals surface area contributed by atoms with E-state index in [0.29, 0.717) is 12.6 Å². The van der Waals surface area contributed by atoms with E-state index in [1.165, 1.54) is 0 Å². The Balaban J connectivity index is 2.18. The average molecular weight is 183 g/mol. The molecule has 0 aliphatic carbocycles. The zero-order valence-corrected chi connectivity index (χ0v) is 8.47. The minimum absolute atomic E-state index is 0.0305. The number of nitrogens with one attached hydrogen (secondary N) is 2. The van der Waals surface area contributed by atoms with Gasteiger partial charge >= 0.3 is 6.03 Å². The third kappa shape index (κ3) is 3.68. The van der Waals surface area contributed by atoms with Crippen LogP contribution >= 0.6 is 0 Å². The van der Waals surface area contributed by atoms with E-state index in [2.05, 4.69) is 23.4 Å². The highest BCUT2D eigenvalue weighted by Crippen LogP contribution is 2.07. The molecule has 0 aromatic heterocycles. The maximum atomic E-state index is 11.2. The summed E-state index contributed by atoms with van der Waals surface area (Å²) in [5.41, 5.74) is 0. The molecule has 5 heteroatoms. The number of carbonyl (C=O) groups excluding carboxylic acids is 1. The highest BCUT2D eigenvalue weighted by molar-refractivity contribution is 6.04. The van der Waals surface area contributed by atoms with Gasteiger partial charge in [0, 0.05) is 12.6 Å². The van der Waals surface area contributed by atoms with Crippen LogP contribution in [-0.2, 0) is 0 Å². The van der Waals surface area contributed by atoms with Gasteiger partial charge in [-0.15, -0.1) is 0 Å². The molecule has 0 aromatic carbocycles. The van der Waals surface area contributed by atoms with E-state index >= 15 is 0 Å². The van der Waals surface area contributed by atoms with Gasteiger partial charge in [-0.05, 0) is 32.9 Å². The van der Waals surface area contributed by atoms with E-state index in [9.17, 15) is 4.79 Å². The first-order valence-corrected chi connectivity index (χ1v) is 4.95. The summed E-state index contributed by atoms with van der Waals surface area (Å²) in [4.78, 5) is 13.4. The number of piperidine rings is 1. The minimum atomic E-state index is -0.0305. The van der Waals surface area contributed by atoms with E-state index in [-0.39, 0.29) is 6.03 Å². The monoisotopic (exact) mass is 183 g/mol. The Kier molecular flexibility index (Phi) is 4.08. The number of hydrogen-bond acceptors (Lipinski definition) is 2. The molecule has 1 saturated heterocycles. The smallest absolute Gasteiger partial charge is 0.314 e. The second-order valence-corrected chi connectivity index (χ2v) is 3.58. The molecule has 0 atom stereocenters. The molecule has 0 radical (unpaired) electrons. The molecule has 0 spiro atoms. The van der Waals surface area contributed by atoms with Crippen molar-refractivity contribution in [2.45, 2.75) is 25.8 Å². The maximum Gasteiger partial charge on any atom is 0.314 e. The topological polar surface area (TPSA) is 44.4 Å². The van der Waals surface area contributed by atoms with Gasteiger partial charge in [0.15, 0.2) is 7.98 Å². The highest BCUT2D eigenvalue weighted by atomic mass is 16.2. The molecule has 1 rings (SSSR count). The van der Waals surface area contributed by atoms with Crippen molar-refractivity contribution in [3.8, 4) is 0 Å². The van der Waals surface area contributed by atoms with Gasteiger partial charge in [-0.25, -0.2) is 4.79 Å². The Bertz CT molecular complexity index is 169. The Morgan fingerprint density at radius 1 is 1.54 bits per heavy atom. The predicted octanol–water partition coefficient (Wildman–Crippen LogP) is -0.682. The van der Waals surface area contributed by atoms with E-state index in [1.54, 1.807) is 0 Å². The molecule has 0 aromatic rings. The summed E-state index contributed by atoms with van der Waals surface area (Å²) in [5, 5.41) is 5.70. The zero-order valence-electron chi connectivity index (χ0n) is 8.47. The third-order valence-electron chi connectivity index (χ3n) is 2.39. The number of urea groups is 1. The van der Waals surface area contributed by atoms with Crippen molar-refractivity contribution < 1.29 is 4.79 Å². The first-order chi connectivity index (χ1) is 6.22. The summed E-state index contributed by atoms with van der Waals surface area (Å²) in [6.07, 6.45) is 2.13. The fourth-order valence-corrected chi connectivity index (χ4v) is 1.55. The van der Waals surface area contributed by atoms with Crippen molar-refractivity contribution in [1.29, 1.82) is 0 Å². The molecular formula is C8H18BN3O. The van der Waals surface area contributed by atoms with Gasteiger partial charge < -0.3 is 15.4 Å². The van der Waals surface area contributed by atoms with Crippen LogP contribution in [0.2, 0.25) is 0 Å². The predicted molar refractivity (Wildman–Crippen MR) is 55.3 cm³/mol. The molecule has 74 valence electrons. The molecule has 2 N–H and O–H groups in total. The van der Waals surface area contributed by atoms with Crippen molar-refractivity contribution in [2.24, 2.45) is 0 Å². The van der Waals surface area contributed by atoms with Crippen LogP contribution in [-0.4, -0.2) is 44.5 Å². The van der Waals surface area contributed by atoms with Crippen LogP contribution in [0.25, 0.3) is 0 Å². The van der Waals surface area contributed by atoms with Crippen molar-refractivity contribution in [3.63, 3.8) is 0 Å². The van der Waals surface area contributed by atoms with Crippen LogP contribution < -0.4 is 10.6 Å². The second kappa shape index (κ2) is 5.12. The summed E-state index contributed by atoms with van der Waals surface area (Å²) in [6.45, 7) is 4.78. The van der Waals surface area contributed by atoms with Crippen LogP contribution in [0.1, 0.15) is 19.8 Å². The summed E-state index contributed by atoms with van der Waals surface area (Å²) >= 11 is 0. The van der Waals surface area contributed by atoms with E-state index < -0.39 is 0 Å². The lowest BCUT2D eigenvalue weighted by molar-refractivity contribution is 0.228. The maximum absolute atomic E-state index is 11.2. The van der Waals surface area contributed by atoms with Gasteiger partial charge in [-0.2, -0.15) is 0 Å². The summed E-state index contributed by atoms with van der Waals surface area (Å²) in [5.74, 6) is 0. The van der Waals surface area contributed by atoms with E-state index in [0.717, 1.165) is 25.9 Å². The normalized spacial score (nSPS) is 19.8. The number of amides is 2. The first-order valence-electron chi connectivity index (χ1n) is 4.95. The lowest BCUT2D eigenvalue weighted by Gasteiger charge is -2.29. The molecular weight excluding hydrogens is 165 g/mol. The van der Waals surface area contributed by atoms with Gasteiger partial charge in [-0.1, -0.05) is 0 Å². The van der Waals surface area contributed by atoms with Gasteiger partial charge in [0.2, 0.25) is 0 Å². The lowest BCUT2D eigenvalue weighted by Crippen LogP contribution is -2.47. The summed E-state index contributed by atoms with van der Waals surface area (Å²) < 4.78 is 0. The molecule has 0 unspecified atom stereocenters. The fourth-order valence-electron chi connectivity index (χ4n) is 1.55. The molecule has 1 aliphatic heterocycles. The van der Waals surface area contributed by atoms with Gasteiger partial charge in [0.1, 0.15) is 0 Å². The van der Waals surface area contributed by atoms with Gasteiger partial charge in [0.25, 0.3) is 0 Å². The summed E-state index contributed by atoms with van der Waals surface area (Å²) in [7, 11) is 2.11. The Morgan fingerprint density at radius 2 is 2.15 bits per heavy atom. The fraction of sp³-hybridized carbons (Fsp3) is 0.875. The second-order valence-electron chi connectivity index (χ2n) is 3.58. The van der Waals surface area contributed by atoms with Crippen LogP contribution in [0.4, 0.5) is 4.79 Å². The van der Waals surface area contributed by atoms with Gasteiger partial charge in [0.05, 0.1) is 0 Å². The van der Waals surface area contributed by atoms with Crippen molar-refractivity contribution in [3.05, 3.63) is 0 Å². The Hall–Kier alpha value is -0.705. The van der Waals surface area contributed by atoms with Crippen LogP contribution in [0, 0.1) is 0 Å². The van der Waals surface area contributed by atoms with Crippen LogP contribution in [0.15, 0.2) is 0 Å². The molecule has 1 fully saturated rings. The largest absolute Gasteiger partial charge is 0.349 e. The van der Waals surface area contributed by atoms with Gasteiger partial charge in [-0.3, -0.25) is 0 Å². The Morgan fingerprint density at radius 3 is 2.69 bits per heavy atom. The molecule has 4 nitrogen and oxygen atoms in total. The number of nitrogens with zero attached hydrogens (tertiary/aromatic N) is 1. The van der Waals surface area contributed by atoms with Crippen molar-refractivity contribution in [1.82, 2.24) is 15.4 Å². The SMILES string of the molecule is BN1CCC(NC(=O)NCC)CC1. The molecule has 1 aliphatic rings. The Labute approximate surface area is 80.5 Å². The molecule has 0 saturated carbocycles. The summed E-state index contributed by atoms with van der Waals surface area (Å²) in [6, 6.07) is 0.333. The third-order valence-corrected chi connectivity index (χ3v) is 2.39. The van der Waals surface area contributed by atoms with Crippen LogP contribution in [0.3, 0.4) is 0 Å². The van der Waals surface area contributed by atoms with E-state index in [4.69, 9.17) is 0 Å². The van der Waals surface area contributed by atoms with Crippen molar-refractivity contribution in [2.75, 3.05) is 19.6 Å². The number of hydrogen-bond donors (Lipinski definition) is 2. The molecule has 0 bridgehead atoms. The van der Waals surface area contributed by atoms with Crippen LogP contribution in [0.5, 0.6) is 0 Å². The first kappa shape index (κ1) is 10.4. The minimum Gasteiger partial charge on any atom is -0.349 e. The highest BCUT2D eigenvalue weighted by Gasteiger charge is 2.17. The lowest BCUT2D eigenvalue weighted by atomic mass is 10.0. The molecule has 13 heavy (non-hydrogen) atoms.